The molecule has 1 spiro atoms. The van der Waals surface area contributed by atoms with Crippen LogP contribution in [-0.4, -0.2) is 45.9 Å². The van der Waals surface area contributed by atoms with Crippen LogP contribution in [0.15, 0.2) is 0 Å². The summed E-state index contributed by atoms with van der Waals surface area (Å²) in [6.45, 7) is 8.96. The Hall–Kier alpha value is -0.420. The number of thioether (sulfide) groups is 1. The Morgan fingerprint density at radius 2 is 1.91 bits per heavy atom. The maximum Gasteiger partial charge on any atom is 0.329 e. The Balaban J connectivity index is 2.18. The predicted molar refractivity (Wildman–Crippen MR) is 94.6 cm³/mol. The van der Waals surface area contributed by atoms with E-state index < -0.39 is 6.04 Å². The number of amides is 1. The molecule has 2 aliphatic rings. The maximum absolute atomic E-state index is 12.5. The monoisotopic (exact) mass is 361 g/mol. The van der Waals surface area contributed by atoms with Crippen molar-refractivity contribution in [2.45, 2.75) is 64.3 Å². The molecular formula is C17H28ClNO3S. The number of halogens is 1. The van der Waals surface area contributed by atoms with Crippen molar-refractivity contribution in [2.24, 2.45) is 11.3 Å². The number of ether oxygens (including phenoxy) is 1. The van der Waals surface area contributed by atoms with Crippen LogP contribution in [-0.2, 0) is 14.3 Å². The van der Waals surface area contributed by atoms with Crippen LogP contribution in [0.4, 0.5) is 0 Å². The molecule has 1 amide bonds. The number of alkyl halides is 1. The van der Waals surface area contributed by atoms with Crippen molar-refractivity contribution in [3.63, 3.8) is 0 Å². The van der Waals surface area contributed by atoms with Crippen LogP contribution in [0.3, 0.4) is 0 Å². The average molecular weight is 362 g/mol. The zero-order valence-electron chi connectivity index (χ0n) is 14.6. The molecule has 1 aliphatic heterocycles. The molecule has 2 rings (SSSR count). The lowest BCUT2D eigenvalue weighted by Gasteiger charge is -2.46. The molecular weight excluding hydrogens is 334 g/mol. The highest BCUT2D eigenvalue weighted by atomic mass is 35.5. The number of esters is 1. The SMILES string of the molecule is CCOC(=O)[C@@H]1CSC2(CCC(C(C)(C)C)CC2)N1C(=O)CCl. The smallest absolute Gasteiger partial charge is 0.329 e. The first-order chi connectivity index (χ1) is 10.7. The van der Waals surface area contributed by atoms with Gasteiger partial charge in [0.25, 0.3) is 0 Å². The zero-order valence-corrected chi connectivity index (χ0v) is 16.1. The van der Waals surface area contributed by atoms with E-state index in [0.29, 0.717) is 18.3 Å². The lowest BCUT2D eigenvalue weighted by molar-refractivity contribution is -0.155. The molecule has 1 saturated carbocycles. The Bertz CT molecular complexity index is 455. The van der Waals surface area contributed by atoms with Crippen molar-refractivity contribution in [1.82, 2.24) is 4.90 Å². The second kappa shape index (κ2) is 7.22. The highest BCUT2D eigenvalue weighted by Crippen LogP contribution is 2.53. The minimum atomic E-state index is -0.489. The molecule has 2 fully saturated rings. The summed E-state index contributed by atoms with van der Waals surface area (Å²) in [6.07, 6.45) is 4.02. The lowest BCUT2D eigenvalue weighted by atomic mass is 9.71. The summed E-state index contributed by atoms with van der Waals surface area (Å²) in [5, 5.41) is 0. The van der Waals surface area contributed by atoms with E-state index >= 15 is 0 Å². The molecule has 1 saturated heterocycles. The molecule has 4 nitrogen and oxygen atoms in total. The summed E-state index contributed by atoms with van der Waals surface area (Å²) >= 11 is 7.57. The molecule has 1 aliphatic carbocycles. The van der Waals surface area contributed by atoms with Gasteiger partial charge in [0.1, 0.15) is 11.9 Å². The third-order valence-corrected chi connectivity index (χ3v) is 7.05. The van der Waals surface area contributed by atoms with Crippen molar-refractivity contribution >= 4 is 35.2 Å². The van der Waals surface area contributed by atoms with Gasteiger partial charge in [0.2, 0.25) is 5.91 Å². The van der Waals surface area contributed by atoms with Crippen LogP contribution in [0.1, 0.15) is 53.4 Å². The van der Waals surface area contributed by atoms with Crippen molar-refractivity contribution in [3.8, 4) is 0 Å². The summed E-state index contributed by atoms with van der Waals surface area (Å²) in [4.78, 5) is 26.2. The highest BCUT2D eigenvalue weighted by molar-refractivity contribution is 8.01. The standard InChI is InChI=1S/C17H28ClNO3S/c1-5-22-15(21)13-11-23-17(19(13)14(20)10-18)8-6-12(7-9-17)16(2,3)4/h12-13H,5-11H2,1-4H3/t12?,13-,17?/m0/s1. The van der Waals surface area contributed by atoms with Gasteiger partial charge >= 0.3 is 5.97 Å². The van der Waals surface area contributed by atoms with Gasteiger partial charge in [-0.25, -0.2) is 4.79 Å². The second-order valence-electron chi connectivity index (χ2n) is 7.56. The highest BCUT2D eigenvalue weighted by Gasteiger charge is 2.54. The molecule has 23 heavy (non-hydrogen) atoms. The Kier molecular flexibility index (Phi) is 5.94. The topological polar surface area (TPSA) is 46.6 Å². The second-order valence-corrected chi connectivity index (χ2v) is 9.21. The van der Waals surface area contributed by atoms with Gasteiger partial charge in [0.05, 0.1) is 11.5 Å². The lowest BCUT2D eigenvalue weighted by Crippen LogP contribution is -2.55. The van der Waals surface area contributed by atoms with Gasteiger partial charge in [-0.1, -0.05) is 20.8 Å². The minimum absolute atomic E-state index is 0.0824. The first kappa shape index (κ1) is 18.9. The van der Waals surface area contributed by atoms with Crippen LogP contribution in [0.2, 0.25) is 0 Å². The molecule has 0 aromatic heterocycles. The Labute approximate surface area is 148 Å². The fourth-order valence-corrected chi connectivity index (χ4v) is 5.63. The summed E-state index contributed by atoms with van der Waals surface area (Å²) in [5.41, 5.74) is 0.284. The van der Waals surface area contributed by atoms with Crippen molar-refractivity contribution in [3.05, 3.63) is 0 Å². The molecule has 0 bridgehead atoms. The van der Waals surface area contributed by atoms with E-state index in [9.17, 15) is 9.59 Å². The average Bonchev–Trinajstić information content (AvgIpc) is 2.85. The summed E-state index contributed by atoms with van der Waals surface area (Å²) in [7, 11) is 0. The van der Waals surface area contributed by atoms with Crippen molar-refractivity contribution < 1.29 is 14.3 Å². The summed E-state index contributed by atoms with van der Waals surface area (Å²) in [6, 6.07) is -0.489. The fraction of sp³-hybridized carbons (Fsp3) is 0.882. The van der Waals surface area contributed by atoms with Gasteiger partial charge < -0.3 is 9.64 Å². The van der Waals surface area contributed by atoms with Crippen LogP contribution >= 0.6 is 23.4 Å². The van der Waals surface area contributed by atoms with Crippen LogP contribution in [0.25, 0.3) is 0 Å². The largest absolute Gasteiger partial charge is 0.464 e. The van der Waals surface area contributed by atoms with E-state index in [1.807, 2.05) is 0 Å². The number of carbonyl (C=O) groups excluding carboxylic acids is 2. The van der Waals surface area contributed by atoms with E-state index in [-0.39, 0.29) is 28.0 Å². The van der Waals surface area contributed by atoms with Crippen LogP contribution in [0, 0.1) is 11.3 Å². The Morgan fingerprint density at radius 1 is 1.30 bits per heavy atom. The quantitative estimate of drug-likeness (QED) is 0.568. The van der Waals surface area contributed by atoms with Gasteiger partial charge in [-0.05, 0) is 43.9 Å². The zero-order chi connectivity index (χ0) is 17.3. The van der Waals surface area contributed by atoms with Gasteiger partial charge in [-0.15, -0.1) is 23.4 Å². The van der Waals surface area contributed by atoms with E-state index in [1.54, 1.807) is 23.6 Å². The van der Waals surface area contributed by atoms with Gasteiger partial charge in [-0.3, -0.25) is 4.79 Å². The molecule has 0 radical (unpaired) electrons. The number of hydrogen-bond acceptors (Lipinski definition) is 4. The fourth-order valence-electron chi connectivity index (χ4n) is 3.86. The van der Waals surface area contributed by atoms with E-state index in [0.717, 1.165) is 25.7 Å². The minimum Gasteiger partial charge on any atom is -0.464 e. The normalized spacial score (nSPS) is 31.4. The van der Waals surface area contributed by atoms with Crippen LogP contribution in [0.5, 0.6) is 0 Å². The van der Waals surface area contributed by atoms with Gasteiger partial charge in [-0.2, -0.15) is 0 Å². The summed E-state index contributed by atoms with van der Waals surface area (Å²) < 4.78 is 5.17. The van der Waals surface area contributed by atoms with Crippen molar-refractivity contribution in [1.29, 1.82) is 0 Å². The number of hydrogen-bond donors (Lipinski definition) is 0. The number of rotatable bonds is 3. The van der Waals surface area contributed by atoms with Gasteiger partial charge in [0.15, 0.2) is 0 Å². The molecule has 1 atom stereocenters. The molecule has 0 unspecified atom stereocenters. The predicted octanol–water partition coefficient (Wildman–Crippen LogP) is 3.66. The van der Waals surface area contributed by atoms with E-state index in [2.05, 4.69) is 20.8 Å². The van der Waals surface area contributed by atoms with E-state index in [4.69, 9.17) is 16.3 Å². The number of nitrogens with zero attached hydrogens (tertiary/aromatic N) is 1. The van der Waals surface area contributed by atoms with Crippen molar-refractivity contribution in [2.75, 3.05) is 18.2 Å². The first-order valence-electron chi connectivity index (χ1n) is 8.44. The third-order valence-electron chi connectivity index (χ3n) is 5.19. The molecule has 1 heterocycles. The first-order valence-corrected chi connectivity index (χ1v) is 9.96. The molecule has 6 heteroatoms. The third kappa shape index (κ3) is 3.81. The maximum atomic E-state index is 12.5. The molecule has 132 valence electrons. The van der Waals surface area contributed by atoms with Gasteiger partial charge in [0, 0.05) is 5.75 Å². The molecule has 0 aromatic carbocycles. The van der Waals surface area contributed by atoms with Crippen LogP contribution < -0.4 is 0 Å². The Morgan fingerprint density at radius 3 is 2.39 bits per heavy atom. The molecule has 0 N–H and O–H groups in total. The van der Waals surface area contributed by atoms with E-state index in [1.165, 1.54) is 0 Å². The number of carbonyl (C=O) groups is 2. The molecule has 0 aromatic rings. The summed E-state index contributed by atoms with van der Waals surface area (Å²) in [5.74, 6) is 0.739.